The Morgan fingerprint density at radius 1 is 1.00 bits per heavy atom. The van der Waals surface area contributed by atoms with Crippen molar-refractivity contribution < 1.29 is 13.3 Å². The molecule has 0 unspecified atom stereocenters. The van der Waals surface area contributed by atoms with E-state index in [1.165, 1.54) is 32.3 Å². The summed E-state index contributed by atoms with van der Waals surface area (Å²) in [6.45, 7) is 0. The number of benzene rings is 2. The smallest absolute Gasteiger partial charge is 0.258 e. The van der Waals surface area contributed by atoms with Crippen molar-refractivity contribution in [3.63, 3.8) is 0 Å². The molecule has 2 rings (SSSR count). The maximum absolute atomic E-state index is 12.0. The van der Waals surface area contributed by atoms with E-state index in [0.717, 1.165) is 4.31 Å². The van der Waals surface area contributed by atoms with Gasteiger partial charge in [-0.15, -0.1) is 0 Å². The summed E-state index contributed by atoms with van der Waals surface area (Å²) in [5, 5.41) is 11.0. The Morgan fingerprint density at radius 2 is 1.57 bits per heavy atom. The zero-order valence-corrected chi connectivity index (χ0v) is 12.4. The second kappa shape index (κ2) is 5.63. The van der Waals surface area contributed by atoms with Crippen molar-refractivity contribution >= 4 is 15.7 Å². The predicted octanol–water partition coefficient (Wildman–Crippen LogP) is 2.51. The fourth-order valence-electron chi connectivity index (χ4n) is 1.89. The van der Waals surface area contributed by atoms with Gasteiger partial charge in [0.05, 0.1) is 15.4 Å². The Labute approximate surface area is 122 Å². The zero-order valence-electron chi connectivity index (χ0n) is 11.6. The van der Waals surface area contributed by atoms with Crippen LogP contribution in [-0.2, 0) is 10.0 Å². The monoisotopic (exact) mass is 306 g/mol. The average molecular weight is 306 g/mol. The first-order valence-electron chi connectivity index (χ1n) is 6.10. The van der Waals surface area contributed by atoms with Crippen LogP contribution >= 0.6 is 0 Å². The molecule has 0 spiro atoms. The van der Waals surface area contributed by atoms with Gasteiger partial charge in [-0.3, -0.25) is 10.1 Å². The van der Waals surface area contributed by atoms with Gasteiger partial charge in [0, 0.05) is 20.2 Å². The van der Waals surface area contributed by atoms with Crippen LogP contribution in [0.1, 0.15) is 0 Å². The van der Waals surface area contributed by atoms with Crippen LogP contribution < -0.4 is 0 Å². The van der Waals surface area contributed by atoms with Crippen LogP contribution in [0.3, 0.4) is 0 Å². The Kier molecular flexibility index (Phi) is 4.06. The Hall–Kier alpha value is -2.25. The lowest BCUT2D eigenvalue weighted by atomic mass is 10.0. The predicted molar refractivity (Wildman–Crippen MR) is 79.4 cm³/mol. The number of nitrogens with zero attached hydrogens (tertiary/aromatic N) is 2. The molecule has 0 bridgehead atoms. The highest BCUT2D eigenvalue weighted by atomic mass is 32.2. The summed E-state index contributed by atoms with van der Waals surface area (Å²) in [5.41, 5.74) is 1.04. The van der Waals surface area contributed by atoms with Crippen molar-refractivity contribution in [2.24, 2.45) is 0 Å². The fraction of sp³-hybridized carbons (Fsp3) is 0.143. The minimum Gasteiger partial charge on any atom is -0.258 e. The number of nitro benzene ring substituents is 1. The van der Waals surface area contributed by atoms with E-state index in [1.54, 1.807) is 30.3 Å². The fourth-order valence-corrected chi connectivity index (χ4v) is 2.80. The summed E-state index contributed by atoms with van der Waals surface area (Å²) >= 11 is 0. The first-order valence-corrected chi connectivity index (χ1v) is 7.54. The molecule has 0 atom stereocenters. The first-order chi connectivity index (χ1) is 9.84. The van der Waals surface area contributed by atoms with E-state index in [2.05, 4.69) is 0 Å². The molecule has 0 saturated heterocycles. The normalized spacial score (nSPS) is 11.6. The van der Waals surface area contributed by atoms with Crippen LogP contribution in [0.5, 0.6) is 0 Å². The van der Waals surface area contributed by atoms with Gasteiger partial charge in [0.25, 0.3) is 5.69 Å². The lowest BCUT2D eigenvalue weighted by Crippen LogP contribution is -2.22. The molecule has 0 radical (unpaired) electrons. The van der Waals surface area contributed by atoms with Crippen molar-refractivity contribution in [1.82, 2.24) is 4.31 Å². The highest BCUT2D eigenvalue weighted by Crippen LogP contribution is 2.30. The minimum absolute atomic E-state index is 0.0132. The zero-order chi connectivity index (χ0) is 15.6. The molecule has 0 amide bonds. The van der Waals surface area contributed by atoms with Crippen molar-refractivity contribution in [3.05, 3.63) is 58.6 Å². The van der Waals surface area contributed by atoms with E-state index in [0.29, 0.717) is 11.1 Å². The molecule has 110 valence electrons. The van der Waals surface area contributed by atoms with Crippen LogP contribution in [0.15, 0.2) is 53.4 Å². The number of hydrogen-bond acceptors (Lipinski definition) is 4. The molecule has 0 fully saturated rings. The number of rotatable bonds is 4. The van der Waals surface area contributed by atoms with E-state index in [4.69, 9.17) is 0 Å². The Balaban J connectivity index is 2.48. The van der Waals surface area contributed by atoms with E-state index in [-0.39, 0.29) is 10.6 Å². The number of hydrogen-bond donors (Lipinski definition) is 0. The van der Waals surface area contributed by atoms with Crippen LogP contribution in [-0.4, -0.2) is 31.7 Å². The van der Waals surface area contributed by atoms with E-state index in [1.807, 2.05) is 0 Å². The lowest BCUT2D eigenvalue weighted by Gasteiger charge is -2.11. The third-order valence-electron chi connectivity index (χ3n) is 3.04. The van der Waals surface area contributed by atoms with Crippen molar-refractivity contribution in [3.8, 4) is 11.1 Å². The van der Waals surface area contributed by atoms with Gasteiger partial charge in [-0.25, -0.2) is 12.7 Å². The average Bonchev–Trinajstić information content (AvgIpc) is 2.47. The molecule has 21 heavy (non-hydrogen) atoms. The molecule has 6 nitrogen and oxygen atoms in total. The van der Waals surface area contributed by atoms with E-state index < -0.39 is 14.9 Å². The summed E-state index contributed by atoms with van der Waals surface area (Å²) in [7, 11) is -0.603. The maximum Gasteiger partial charge on any atom is 0.277 e. The molecule has 0 N–H and O–H groups in total. The molecule has 7 heteroatoms. The molecule has 0 heterocycles. The van der Waals surface area contributed by atoms with Gasteiger partial charge in [0.2, 0.25) is 10.0 Å². The van der Waals surface area contributed by atoms with Gasteiger partial charge in [-0.2, -0.15) is 0 Å². The van der Waals surface area contributed by atoms with Crippen molar-refractivity contribution in [2.45, 2.75) is 4.90 Å². The van der Waals surface area contributed by atoms with Gasteiger partial charge in [0.15, 0.2) is 0 Å². The molecule has 0 aliphatic heterocycles. The second-order valence-corrected chi connectivity index (χ2v) is 6.74. The summed E-state index contributed by atoms with van der Waals surface area (Å²) in [6.07, 6.45) is 0. The van der Waals surface area contributed by atoms with Crippen LogP contribution in [0, 0.1) is 10.1 Å². The minimum atomic E-state index is -3.50. The Morgan fingerprint density at radius 3 is 2.10 bits per heavy atom. The highest BCUT2D eigenvalue weighted by molar-refractivity contribution is 7.89. The lowest BCUT2D eigenvalue weighted by molar-refractivity contribution is -0.384. The summed E-state index contributed by atoms with van der Waals surface area (Å²) in [5.74, 6) is 0. The molecular formula is C14H14N2O4S. The second-order valence-electron chi connectivity index (χ2n) is 4.59. The van der Waals surface area contributed by atoms with Gasteiger partial charge in [-0.1, -0.05) is 24.3 Å². The van der Waals surface area contributed by atoms with Gasteiger partial charge >= 0.3 is 0 Å². The summed E-state index contributed by atoms with van der Waals surface area (Å²) in [6, 6.07) is 12.4. The van der Waals surface area contributed by atoms with Crippen LogP contribution in [0.25, 0.3) is 11.1 Å². The quantitative estimate of drug-likeness (QED) is 0.642. The molecule has 0 aliphatic rings. The van der Waals surface area contributed by atoms with Crippen molar-refractivity contribution in [2.75, 3.05) is 14.1 Å². The maximum atomic E-state index is 12.0. The number of sulfonamides is 1. The molecule has 2 aromatic carbocycles. The highest BCUT2D eigenvalue weighted by Gasteiger charge is 2.18. The third kappa shape index (κ3) is 2.93. The SMILES string of the molecule is CN(C)S(=O)(=O)c1ccc(-c2ccccc2[N+](=O)[O-])cc1. The van der Waals surface area contributed by atoms with E-state index >= 15 is 0 Å². The topological polar surface area (TPSA) is 80.5 Å². The summed E-state index contributed by atoms with van der Waals surface area (Å²) in [4.78, 5) is 10.7. The van der Waals surface area contributed by atoms with Crippen LogP contribution in [0.2, 0.25) is 0 Å². The van der Waals surface area contributed by atoms with Crippen LogP contribution in [0.4, 0.5) is 5.69 Å². The van der Waals surface area contributed by atoms with Crippen molar-refractivity contribution in [1.29, 1.82) is 0 Å². The molecule has 2 aromatic rings. The van der Waals surface area contributed by atoms with Gasteiger partial charge in [-0.05, 0) is 23.8 Å². The molecule has 0 aromatic heterocycles. The largest absolute Gasteiger partial charge is 0.277 e. The third-order valence-corrected chi connectivity index (χ3v) is 4.87. The number of para-hydroxylation sites is 1. The number of nitro groups is 1. The van der Waals surface area contributed by atoms with E-state index in [9.17, 15) is 18.5 Å². The van der Waals surface area contributed by atoms with Gasteiger partial charge in [0.1, 0.15) is 0 Å². The Bertz CT molecular complexity index is 768. The summed E-state index contributed by atoms with van der Waals surface area (Å²) < 4.78 is 25.1. The standard InChI is InChI=1S/C14H14N2O4S/c1-15(2)21(19,20)12-9-7-11(8-10-12)13-5-3-4-6-14(13)16(17)18/h3-10H,1-2H3. The molecule has 0 saturated carbocycles. The van der Waals surface area contributed by atoms with Gasteiger partial charge < -0.3 is 0 Å². The molecule has 0 aliphatic carbocycles. The first kappa shape index (κ1) is 15.1. The molecular weight excluding hydrogens is 292 g/mol.